The van der Waals surface area contributed by atoms with Gasteiger partial charge < -0.3 is 29.1 Å². The minimum absolute atomic E-state index is 0. The molecule has 1 aromatic rings. The number of benzene rings is 1. The normalized spacial score (nSPS) is 29.6. The Morgan fingerprint density at radius 3 is 2.39 bits per heavy atom. The van der Waals surface area contributed by atoms with E-state index in [9.17, 15) is 5.11 Å². The minimum Gasteiger partial charge on any atom is -1.00 e. The second kappa shape index (κ2) is 5.36. The molecule has 0 amide bonds. The van der Waals surface area contributed by atoms with Crippen LogP contribution >= 0.6 is 0 Å². The maximum Gasteiger partial charge on any atom is 0.303 e. The zero-order valence-electron chi connectivity index (χ0n) is 10.8. The molecule has 0 saturated carbocycles. The Labute approximate surface area is 124 Å². The van der Waals surface area contributed by atoms with Crippen LogP contribution in [-0.4, -0.2) is 27.1 Å². The van der Waals surface area contributed by atoms with Crippen LogP contribution in [0.5, 0.6) is 0 Å². The Bertz CT molecular complexity index is 494. The molecule has 0 fully saturated rings. The molecule has 0 bridgehead atoms. The molecule has 0 aromatic heterocycles. The van der Waals surface area contributed by atoms with Gasteiger partial charge in [-0.2, -0.15) is 0 Å². The lowest BCUT2D eigenvalue weighted by Crippen LogP contribution is -3.00. The van der Waals surface area contributed by atoms with Gasteiger partial charge in [-0.3, -0.25) is 5.73 Å². The molecule has 3 N–H and O–H groups in total. The molecule has 0 saturated heterocycles. The fraction of sp³-hybridized carbons (Fsp3) is 0.385. The van der Waals surface area contributed by atoms with Gasteiger partial charge in [-0.05, 0) is 19.1 Å². The molecule has 0 aliphatic carbocycles. The predicted octanol–water partition coefficient (Wildman–Crippen LogP) is -1.86. The van der Waals surface area contributed by atoms with Crippen molar-refractivity contribution in [1.82, 2.24) is 0 Å². The monoisotopic (exact) mass is 359 g/mol. The molecule has 98 valence electrons. The Morgan fingerprint density at radius 2 is 1.94 bits per heavy atom. The van der Waals surface area contributed by atoms with Gasteiger partial charge in [-0.1, -0.05) is 30.2 Å². The summed E-state index contributed by atoms with van der Waals surface area (Å²) in [4.78, 5) is 0. The maximum absolute atomic E-state index is 10.4. The maximum atomic E-state index is 10.4. The highest BCUT2D eigenvalue weighted by Gasteiger charge is 2.45. The van der Waals surface area contributed by atoms with E-state index < -0.39 is 5.72 Å². The van der Waals surface area contributed by atoms with E-state index in [0.717, 1.165) is 11.3 Å². The van der Waals surface area contributed by atoms with E-state index in [1.165, 1.54) is 4.68 Å². The molecular weight excluding hydrogens is 341 g/mol. The average Bonchev–Trinajstić information content (AvgIpc) is 2.53. The molecule has 1 aromatic carbocycles. The summed E-state index contributed by atoms with van der Waals surface area (Å²) in [5.41, 5.74) is 6.75. The number of hydrazone groups is 1. The molecule has 2 atom stereocenters. The number of nitrogens with zero attached hydrogens (tertiary/aromatic N) is 2. The minimum atomic E-state index is -1.07. The fourth-order valence-electron chi connectivity index (χ4n) is 1.95. The van der Waals surface area contributed by atoms with Gasteiger partial charge >= 0.3 is 5.84 Å². The number of rotatable bonds is 1. The van der Waals surface area contributed by atoms with Gasteiger partial charge in [0.1, 0.15) is 0 Å². The topological polar surface area (TPSA) is 61.6 Å². The Balaban J connectivity index is 0.00000162. The third kappa shape index (κ3) is 2.42. The van der Waals surface area contributed by atoms with Crippen LogP contribution in [0.4, 0.5) is 0 Å². The fourth-order valence-corrected chi connectivity index (χ4v) is 1.95. The Hall–Kier alpha value is -0.950. The lowest BCUT2D eigenvalue weighted by atomic mass is 9.97. The van der Waals surface area contributed by atoms with E-state index in [4.69, 9.17) is 5.73 Å². The van der Waals surface area contributed by atoms with Crippen LogP contribution in [0.1, 0.15) is 26.3 Å². The van der Waals surface area contributed by atoms with Gasteiger partial charge in [-0.25, -0.2) is 0 Å². The first-order valence-corrected chi connectivity index (χ1v) is 5.70. The van der Waals surface area contributed by atoms with E-state index in [0.29, 0.717) is 5.84 Å². The number of hydrogen-bond donors (Lipinski definition) is 2. The molecule has 2 unspecified atom stereocenters. The summed E-state index contributed by atoms with van der Waals surface area (Å²) < 4.78 is 1.50. The van der Waals surface area contributed by atoms with Gasteiger partial charge in [0.05, 0.1) is 17.2 Å². The smallest absolute Gasteiger partial charge is 0.303 e. The van der Waals surface area contributed by atoms with Crippen LogP contribution < -0.4 is 29.7 Å². The van der Waals surface area contributed by atoms with Crippen molar-refractivity contribution in [3.05, 3.63) is 35.9 Å². The zero-order chi connectivity index (χ0) is 12.6. The quantitative estimate of drug-likeness (QED) is 0.351. The lowest BCUT2D eigenvalue weighted by molar-refractivity contribution is -0.654. The highest BCUT2D eigenvalue weighted by atomic mass is 127. The number of hydrogen-bond acceptors (Lipinski definition) is 2. The first kappa shape index (κ1) is 15.1. The summed E-state index contributed by atoms with van der Waals surface area (Å²) in [7, 11) is 0. The number of aliphatic hydroxyl groups is 1. The number of halogens is 1. The Kier molecular flexibility index (Phi) is 4.50. The zero-order valence-corrected chi connectivity index (χ0v) is 12.9. The largest absolute Gasteiger partial charge is 1.00 e. The summed E-state index contributed by atoms with van der Waals surface area (Å²) in [6, 6.07) is 9.55. The molecule has 4 nitrogen and oxygen atoms in total. The van der Waals surface area contributed by atoms with Crippen molar-refractivity contribution in [3.8, 4) is 0 Å². The van der Waals surface area contributed by atoms with Crippen molar-refractivity contribution in [3.63, 3.8) is 0 Å². The van der Waals surface area contributed by atoms with E-state index in [1.807, 2.05) is 44.2 Å². The molecule has 18 heavy (non-hydrogen) atoms. The third-order valence-electron chi connectivity index (χ3n) is 3.43. The summed E-state index contributed by atoms with van der Waals surface area (Å²) in [5, 5.41) is 14.8. The van der Waals surface area contributed by atoms with Crippen molar-refractivity contribution in [2.45, 2.75) is 26.5 Å². The molecule has 5 heteroatoms. The van der Waals surface area contributed by atoms with Crippen molar-refractivity contribution >= 4 is 11.5 Å². The summed E-state index contributed by atoms with van der Waals surface area (Å²) in [6.07, 6.45) is 0. The van der Waals surface area contributed by atoms with Gasteiger partial charge in [0, 0.05) is 6.92 Å². The summed E-state index contributed by atoms with van der Waals surface area (Å²) in [5.74, 6) is 0.434. The highest BCUT2D eigenvalue weighted by Crippen LogP contribution is 2.27. The molecule has 0 spiro atoms. The summed E-state index contributed by atoms with van der Waals surface area (Å²) >= 11 is 0. The SMILES string of the molecule is CC1=N/[N+](=C(\N)c2ccccc2)C(C)(O)C1C.[I-]. The van der Waals surface area contributed by atoms with Gasteiger partial charge in [-0.15, -0.1) is 4.68 Å². The van der Waals surface area contributed by atoms with E-state index in [2.05, 4.69) is 5.10 Å². The lowest BCUT2D eigenvalue weighted by Gasteiger charge is -2.20. The third-order valence-corrected chi connectivity index (χ3v) is 3.43. The van der Waals surface area contributed by atoms with Crippen molar-refractivity contribution in [2.24, 2.45) is 16.8 Å². The molecule has 2 rings (SSSR count). The van der Waals surface area contributed by atoms with Crippen molar-refractivity contribution < 1.29 is 33.8 Å². The van der Waals surface area contributed by atoms with Crippen LogP contribution in [-0.2, 0) is 0 Å². The number of amidine groups is 1. The van der Waals surface area contributed by atoms with E-state index in [1.54, 1.807) is 6.92 Å². The van der Waals surface area contributed by atoms with Crippen LogP contribution in [0.15, 0.2) is 35.4 Å². The van der Waals surface area contributed by atoms with Crippen LogP contribution in [0.25, 0.3) is 0 Å². The van der Waals surface area contributed by atoms with Gasteiger partial charge in [0.15, 0.2) is 0 Å². The second-order valence-corrected chi connectivity index (χ2v) is 4.62. The van der Waals surface area contributed by atoms with Crippen molar-refractivity contribution in [1.29, 1.82) is 0 Å². The van der Waals surface area contributed by atoms with E-state index in [-0.39, 0.29) is 29.9 Å². The van der Waals surface area contributed by atoms with Gasteiger partial charge in [0.25, 0.3) is 0 Å². The van der Waals surface area contributed by atoms with Gasteiger partial charge in [0.2, 0.25) is 5.72 Å². The standard InChI is InChI=1S/C13H17N3O.HI/c1-9-10(2)15-16(13(9,3)17)12(14)11-7-5-4-6-8-11;/h4-9,14,17H,1-3H3;1H. The highest BCUT2D eigenvalue weighted by molar-refractivity contribution is 5.94. The van der Waals surface area contributed by atoms with Crippen LogP contribution in [0, 0.1) is 5.92 Å². The molecule has 1 aliphatic rings. The number of nitrogens with two attached hydrogens (primary N) is 1. The molecular formula is C13H18IN3O. The first-order valence-electron chi connectivity index (χ1n) is 5.70. The van der Waals surface area contributed by atoms with Crippen LogP contribution in [0.2, 0.25) is 0 Å². The molecule has 1 heterocycles. The second-order valence-electron chi connectivity index (χ2n) is 4.62. The first-order chi connectivity index (χ1) is 7.94. The predicted molar refractivity (Wildman–Crippen MR) is 67.9 cm³/mol. The van der Waals surface area contributed by atoms with Crippen LogP contribution in [0.3, 0.4) is 0 Å². The Morgan fingerprint density at radius 1 is 1.39 bits per heavy atom. The molecule has 0 radical (unpaired) electrons. The average molecular weight is 359 g/mol. The molecule has 1 aliphatic heterocycles. The summed E-state index contributed by atoms with van der Waals surface area (Å²) in [6.45, 7) is 5.57. The van der Waals surface area contributed by atoms with Crippen molar-refractivity contribution in [2.75, 3.05) is 0 Å². The van der Waals surface area contributed by atoms with E-state index >= 15 is 0 Å².